The fourth-order valence-electron chi connectivity index (χ4n) is 2.50. The van der Waals surface area contributed by atoms with Gasteiger partial charge in [0.25, 0.3) is 0 Å². The molecule has 0 aromatic carbocycles. The van der Waals surface area contributed by atoms with Crippen LogP contribution in [0, 0.1) is 11.8 Å². The van der Waals surface area contributed by atoms with Crippen LogP contribution in [0.3, 0.4) is 0 Å². The Bertz CT molecular complexity index is 595. The zero-order chi connectivity index (χ0) is 15.6. The number of hydrogen-bond donors (Lipinski definition) is 2. The van der Waals surface area contributed by atoms with Crippen molar-refractivity contribution >= 4 is 33.6 Å². The van der Waals surface area contributed by atoms with Crippen molar-refractivity contribution in [3.8, 4) is 0 Å². The molecule has 0 bridgehead atoms. The molecule has 1 aliphatic rings. The second kappa shape index (κ2) is 6.39. The van der Waals surface area contributed by atoms with Crippen molar-refractivity contribution in [1.82, 2.24) is 4.98 Å². The minimum Gasteiger partial charge on any atom is -0.481 e. The molecule has 0 fully saturated rings. The summed E-state index contributed by atoms with van der Waals surface area (Å²) in [5.74, 6) is -2.02. The van der Waals surface area contributed by atoms with E-state index in [0.717, 1.165) is 15.6 Å². The first-order valence-corrected chi connectivity index (χ1v) is 7.48. The van der Waals surface area contributed by atoms with Crippen LogP contribution in [0.4, 0.5) is 5.82 Å². The van der Waals surface area contributed by atoms with Crippen LogP contribution < -0.4 is 5.32 Å². The molecule has 2 atom stereocenters. The van der Waals surface area contributed by atoms with Gasteiger partial charge in [0, 0.05) is 10.7 Å². The quantitative estimate of drug-likeness (QED) is 0.818. The lowest BCUT2D eigenvalue weighted by Crippen LogP contribution is -2.36. The molecule has 0 saturated carbocycles. The molecular weight excluding hydrogens is 336 g/mol. The number of nitrogens with zero attached hydrogens (tertiary/aromatic N) is 1. The van der Waals surface area contributed by atoms with E-state index in [1.165, 1.54) is 0 Å². The zero-order valence-corrected chi connectivity index (χ0v) is 13.5. The Balaban J connectivity index is 2.16. The highest BCUT2D eigenvalue weighted by molar-refractivity contribution is 9.10. The van der Waals surface area contributed by atoms with Gasteiger partial charge in [-0.2, -0.15) is 0 Å². The molecule has 0 radical (unpaired) electrons. The molecular formula is C15H17BrN2O3. The predicted molar refractivity (Wildman–Crippen MR) is 82.8 cm³/mol. The van der Waals surface area contributed by atoms with E-state index in [9.17, 15) is 14.7 Å². The number of carbonyl (C=O) groups is 2. The molecule has 2 N–H and O–H groups in total. The van der Waals surface area contributed by atoms with E-state index >= 15 is 0 Å². The average molecular weight is 353 g/mol. The van der Waals surface area contributed by atoms with E-state index in [0.29, 0.717) is 18.7 Å². The topological polar surface area (TPSA) is 79.3 Å². The third-order valence-corrected chi connectivity index (χ3v) is 4.37. The number of carbonyl (C=O) groups excluding carboxylic acids is 1. The minimum absolute atomic E-state index is 0.288. The van der Waals surface area contributed by atoms with Crippen molar-refractivity contribution in [2.45, 2.75) is 26.7 Å². The number of aliphatic carboxylic acids is 1. The maximum absolute atomic E-state index is 12.4. The number of carboxylic acids is 1. The zero-order valence-electron chi connectivity index (χ0n) is 11.9. The minimum atomic E-state index is -0.925. The van der Waals surface area contributed by atoms with E-state index in [2.05, 4.69) is 26.2 Å². The Hall–Kier alpha value is -1.69. The Labute approximate surface area is 131 Å². The summed E-state index contributed by atoms with van der Waals surface area (Å²) in [5, 5.41) is 12.0. The average Bonchev–Trinajstić information content (AvgIpc) is 2.43. The first-order valence-electron chi connectivity index (χ1n) is 6.69. The normalized spacial score (nSPS) is 22.0. The van der Waals surface area contributed by atoms with Gasteiger partial charge in [-0.1, -0.05) is 11.1 Å². The van der Waals surface area contributed by atoms with Crippen LogP contribution in [-0.2, 0) is 9.59 Å². The number of pyridine rings is 1. The number of hydrogen-bond acceptors (Lipinski definition) is 3. The van der Waals surface area contributed by atoms with Crippen molar-refractivity contribution in [2.24, 2.45) is 11.8 Å². The van der Waals surface area contributed by atoms with E-state index in [1.807, 2.05) is 13.8 Å². The summed E-state index contributed by atoms with van der Waals surface area (Å²) in [4.78, 5) is 27.8. The second-order valence-corrected chi connectivity index (χ2v) is 6.29. The molecule has 0 unspecified atom stereocenters. The Kier molecular flexibility index (Phi) is 4.77. The summed E-state index contributed by atoms with van der Waals surface area (Å²) in [6.45, 7) is 3.88. The van der Waals surface area contributed by atoms with Crippen LogP contribution in [0.15, 0.2) is 33.9 Å². The Morgan fingerprint density at radius 3 is 2.38 bits per heavy atom. The van der Waals surface area contributed by atoms with Crippen LogP contribution in [-0.4, -0.2) is 22.0 Å². The van der Waals surface area contributed by atoms with Gasteiger partial charge in [-0.25, -0.2) is 4.98 Å². The standard InChI is InChI=1S/C15H17BrN2O3/c1-8-5-11(12(15(20)21)6-9(8)2)14(19)18-13-4-3-10(16)7-17-13/h3-4,7,11-12H,5-6H2,1-2H3,(H,20,21)(H,17,18,19)/t11-,12+/m0/s1. The smallest absolute Gasteiger partial charge is 0.307 e. The lowest BCUT2D eigenvalue weighted by atomic mass is 9.76. The highest BCUT2D eigenvalue weighted by Gasteiger charge is 2.37. The van der Waals surface area contributed by atoms with Gasteiger partial charge in [0.2, 0.25) is 5.91 Å². The maximum atomic E-state index is 12.4. The molecule has 2 rings (SSSR count). The Morgan fingerprint density at radius 2 is 1.86 bits per heavy atom. The number of allylic oxidation sites excluding steroid dienone is 2. The highest BCUT2D eigenvalue weighted by atomic mass is 79.9. The predicted octanol–water partition coefficient (Wildman–Crippen LogP) is 3.23. The fraction of sp³-hybridized carbons (Fsp3) is 0.400. The summed E-state index contributed by atoms with van der Waals surface area (Å²) in [5.41, 5.74) is 2.16. The summed E-state index contributed by atoms with van der Waals surface area (Å²) < 4.78 is 0.816. The van der Waals surface area contributed by atoms with Gasteiger partial charge in [0.1, 0.15) is 5.82 Å². The molecule has 0 spiro atoms. The van der Waals surface area contributed by atoms with Gasteiger partial charge < -0.3 is 10.4 Å². The SMILES string of the molecule is CC1=C(C)C[C@@H](C(=O)O)[C@@H](C(=O)Nc2ccc(Br)cn2)C1. The summed E-state index contributed by atoms with van der Waals surface area (Å²) in [6, 6.07) is 3.45. The van der Waals surface area contributed by atoms with Gasteiger partial charge in [0.15, 0.2) is 0 Å². The number of nitrogens with one attached hydrogen (secondary N) is 1. The first kappa shape index (κ1) is 15.7. The summed E-state index contributed by atoms with van der Waals surface area (Å²) in [6.07, 6.45) is 2.48. The van der Waals surface area contributed by atoms with E-state index in [-0.39, 0.29) is 5.91 Å². The van der Waals surface area contributed by atoms with Gasteiger partial charge in [-0.3, -0.25) is 9.59 Å². The van der Waals surface area contributed by atoms with Gasteiger partial charge >= 0.3 is 5.97 Å². The van der Waals surface area contributed by atoms with Crippen LogP contribution in [0.25, 0.3) is 0 Å². The van der Waals surface area contributed by atoms with Crippen molar-refractivity contribution in [3.05, 3.63) is 33.9 Å². The first-order chi connectivity index (χ1) is 9.88. The van der Waals surface area contributed by atoms with Crippen LogP contribution in [0.5, 0.6) is 0 Å². The van der Waals surface area contributed by atoms with Crippen molar-refractivity contribution in [2.75, 3.05) is 5.32 Å². The molecule has 5 nitrogen and oxygen atoms in total. The molecule has 6 heteroatoms. The molecule has 1 aliphatic carbocycles. The van der Waals surface area contributed by atoms with E-state index < -0.39 is 17.8 Å². The fourth-order valence-corrected chi connectivity index (χ4v) is 2.73. The van der Waals surface area contributed by atoms with Crippen LogP contribution in [0.2, 0.25) is 0 Å². The van der Waals surface area contributed by atoms with Crippen LogP contribution >= 0.6 is 15.9 Å². The molecule has 112 valence electrons. The van der Waals surface area contributed by atoms with Crippen molar-refractivity contribution in [1.29, 1.82) is 0 Å². The molecule has 0 saturated heterocycles. The van der Waals surface area contributed by atoms with Crippen molar-refractivity contribution < 1.29 is 14.7 Å². The number of amides is 1. The number of aromatic nitrogens is 1. The van der Waals surface area contributed by atoms with Crippen LogP contribution in [0.1, 0.15) is 26.7 Å². The maximum Gasteiger partial charge on any atom is 0.307 e. The lowest BCUT2D eigenvalue weighted by Gasteiger charge is -2.29. The number of anilines is 1. The second-order valence-electron chi connectivity index (χ2n) is 5.37. The monoisotopic (exact) mass is 352 g/mol. The molecule has 1 aromatic heterocycles. The highest BCUT2D eigenvalue weighted by Crippen LogP contribution is 2.34. The third-order valence-electron chi connectivity index (χ3n) is 3.90. The van der Waals surface area contributed by atoms with Gasteiger partial charge in [-0.05, 0) is 54.8 Å². The largest absolute Gasteiger partial charge is 0.481 e. The van der Waals surface area contributed by atoms with Gasteiger partial charge in [0.05, 0.1) is 11.8 Å². The molecule has 0 aliphatic heterocycles. The number of carboxylic acid groups (broad SMARTS) is 1. The Morgan fingerprint density at radius 1 is 1.24 bits per heavy atom. The van der Waals surface area contributed by atoms with Crippen molar-refractivity contribution in [3.63, 3.8) is 0 Å². The summed E-state index contributed by atoms with van der Waals surface area (Å²) >= 11 is 3.27. The number of rotatable bonds is 3. The third kappa shape index (κ3) is 3.69. The van der Waals surface area contributed by atoms with Gasteiger partial charge in [-0.15, -0.1) is 0 Å². The number of halogens is 1. The van der Waals surface area contributed by atoms with E-state index in [1.54, 1.807) is 18.3 Å². The van der Waals surface area contributed by atoms with E-state index in [4.69, 9.17) is 0 Å². The molecule has 1 heterocycles. The lowest BCUT2D eigenvalue weighted by molar-refractivity contribution is -0.146. The molecule has 21 heavy (non-hydrogen) atoms. The summed E-state index contributed by atoms with van der Waals surface area (Å²) in [7, 11) is 0. The molecule has 1 aromatic rings. The molecule has 1 amide bonds.